The highest BCUT2D eigenvalue weighted by molar-refractivity contribution is 8.00. The average molecular weight is 476 g/mol. The zero-order valence-corrected chi connectivity index (χ0v) is 19.2. The van der Waals surface area contributed by atoms with E-state index >= 15 is 0 Å². The standard InChI is InChI=1S/C23H23Cl2N3O2S/c24-18-7-4-8-19(25)21(18)26-22(30)27-13-11-23(12-14-27)28(15-16-31-23)20(29)10-9-17-5-2-1-3-6-17/h1-10H,11-16H2,(H,26,30). The molecule has 2 fully saturated rings. The number of nitrogens with zero attached hydrogens (tertiary/aromatic N) is 2. The Bertz CT molecular complexity index is 971. The molecule has 0 saturated carbocycles. The number of benzene rings is 2. The van der Waals surface area contributed by atoms with Crippen molar-refractivity contribution in [2.24, 2.45) is 0 Å². The van der Waals surface area contributed by atoms with E-state index in [2.05, 4.69) is 5.32 Å². The van der Waals surface area contributed by atoms with Crippen LogP contribution in [0.2, 0.25) is 10.0 Å². The van der Waals surface area contributed by atoms with Gasteiger partial charge in [-0.05, 0) is 36.6 Å². The fraction of sp³-hybridized carbons (Fsp3) is 0.304. The van der Waals surface area contributed by atoms with E-state index in [4.69, 9.17) is 23.2 Å². The first kappa shape index (κ1) is 22.1. The molecule has 8 heteroatoms. The number of hydrogen-bond donors (Lipinski definition) is 1. The van der Waals surface area contributed by atoms with Crippen LogP contribution in [0, 0.1) is 0 Å². The maximum Gasteiger partial charge on any atom is 0.321 e. The second-order valence-corrected chi connectivity index (χ2v) is 9.81. The number of carbonyl (C=O) groups excluding carboxylic acids is 2. The van der Waals surface area contributed by atoms with Crippen LogP contribution in [0.1, 0.15) is 18.4 Å². The quantitative estimate of drug-likeness (QED) is 0.587. The first-order valence-corrected chi connectivity index (χ1v) is 11.9. The summed E-state index contributed by atoms with van der Waals surface area (Å²) in [6.45, 7) is 1.85. The molecule has 5 nitrogen and oxygen atoms in total. The Balaban J connectivity index is 1.39. The molecule has 162 valence electrons. The SMILES string of the molecule is O=C(Nc1c(Cl)cccc1Cl)N1CCC2(CC1)SCCN2C(=O)C=Cc1ccccc1. The van der Waals surface area contributed by atoms with Gasteiger partial charge in [0, 0.05) is 31.5 Å². The molecule has 2 saturated heterocycles. The van der Waals surface area contributed by atoms with E-state index in [0.717, 1.165) is 30.7 Å². The third-order valence-corrected chi connectivity index (χ3v) is 7.87. The van der Waals surface area contributed by atoms with Crippen LogP contribution in [-0.2, 0) is 4.79 Å². The lowest BCUT2D eigenvalue weighted by molar-refractivity contribution is -0.129. The molecule has 1 N–H and O–H groups in total. The summed E-state index contributed by atoms with van der Waals surface area (Å²) in [6.07, 6.45) is 4.97. The van der Waals surface area contributed by atoms with Gasteiger partial charge < -0.3 is 15.1 Å². The summed E-state index contributed by atoms with van der Waals surface area (Å²) in [4.78, 5) is 29.1. The Kier molecular flexibility index (Phi) is 6.80. The van der Waals surface area contributed by atoms with Crippen molar-refractivity contribution in [3.8, 4) is 0 Å². The molecule has 0 bridgehead atoms. The van der Waals surface area contributed by atoms with E-state index < -0.39 is 0 Å². The van der Waals surface area contributed by atoms with E-state index in [1.165, 1.54) is 0 Å². The Morgan fingerprint density at radius 1 is 0.968 bits per heavy atom. The fourth-order valence-electron chi connectivity index (χ4n) is 4.02. The number of likely N-dealkylation sites (tertiary alicyclic amines) is 1. The molecule has 2 aromatic rings. The smallest absolute Gasteiger partial charge is 0.321 e. The Labute approximate surface area is 196 Å². The van der Waals surface area contributed by atoms with Crippen LogP contribution in [0.5, 0.6) is 0 Å². The zero-order chi connectivity index (χ0) is 21.8. The first-order valence-electron chi connectivity index (χ1n) is 10.2. The van der Waals surface area contributed by atoms with E-state index in [9.17, 15) is 9.59 Å². The van der Waals surface area contributed by atoms with Crippen molar-refractivity contribution in [3.63, 3.8) is 0 Å². The van der Waals surface area contributed by atoms with Crippen molar-refractivity contribution < 1.29 is 9.59 Å². The number of piperidine rings is 1. The number of amides is 3. The fourth-order valence-corrected chi connectivity index (χ4v) is 5.97. The van der Waals surface area contributed by atoms with Gasteiger partial charge >= 0.3 is 6.03 Å². The van der Waals surface area contributed by atoms with Crippen LogP contribution < -0.4 is 5.32 Å². The lowest BCUT2D eigenvalue weighted by Gasteiger charge is -2.43. The van der Waals surface area contributed by atoms with E-state index in [1.807, 2.05) is 53.1 Å². The second kappa shape index (κ2) is 9.55. The minimum absolute atomic E-state index is 0.0228. The third-order valence-electron chi connectivity index (χ3n) is 5.69. The highest BCUT2D eigenvalue weighted by Crippen LogP contribution is 2.44. The molecule has 1 spiro atoms. The van der Waals surface area contributed by atoms with Crippen LogP contribution in [0.3, 0.4) is 0 Å². The number of halogens is 2. The molecule has 0 radical (unpaired) electrons. The molecule has 4 rings (SSSR count). The number of nitrogens with one attached hydrogen (secondary N) is 1. The number of para-hydroxylation sites is 1. The summed E-state index contributed by atoms with van der Waals surface area (Å²) < 4.78 is 0. The topological polar surface area (TPSA) is 52.7 Å². The molecule has 0 atom stereocenters. The van der Waals surface area contributed by atoms with Crippen molar-refractivity contribution in [3.05, 3.63) is 70.2 Å². The molecule has 2 heterocycles. The maximum absolute atomic E-state index is 12.9. The largest absolute Gasteiger partial charge is 0.324 e. The van der Waals surface area contributed by atoms with Gasteiger partial charge in [0.1, 0.15) is 0 Å². The highest BCUT2D eigenvalue weighted by atomic mass is 35.5. The minimum Gasteiger partial charge on any atom is -0.324 e. The summed E-state index contributed by atoms with van der Waals surface area (Å²) in [6, 6.07) is 14.7. The van der Waals surface area contributed by atoms with E-state index in [1.54, 1.807) is 29.2 Å². The van der Waals surface area contributed by atoms with Crippen molar-refractivity contribution in [1.82, 2.24) is 9.80 Å². The van der Waals surface area contributed by atoms with E-state index in [0.29, 0.717) is 28.8 Å². The molecule has 0 unspecified atom stereocenters. The monoisotopic (exact) mass is 475 g/mol. The predicted molar refractivity (Wildman–Crippen MR) is 129 cm³/mol. The van der Waals surface area contributed by atoms with Gasteiger partial charge in [0.15, 0.2) is 0 Å². The number of carbonyl (C=O) groups is 2. The van der Waals surface area contributed by atoms with Gasteiger partial charge in [-0.25, -0.2) is 4.79 Å². The van der Waals surface area contributed by atoms with Gasteiger partial charge in [0.05, 0.1) is 20.6 Å². The predicted octanol–water partition coefficient (Wildman–Crippen LogP) is 5.61. The average Bonchev–Trinajstić information content (AvgIpc) is 3.19. The number of anilines is 1. The van der Waals surface area contributed by atoms with Gasteiger partial charge in [-0.15, -0.1) is 11.8 Å². The van der Waals surface area contributed by atoms with Gasteiger partial charge in [-0.1, -0.05) is 59.6 Å². The lowest BCUT2D eigenvalue weighted by Crippen LogP contribution is -2.54. The van der Waals surface area contributed by atoms with Crippen molar-refractivity contribution in [2.45, 2.75) is 17.7 Å². The molecule has 31 heavy (non-hydrogen) atoms. The normalized spacial score (nSPS) is 18.0. The molecular weight excluding hydrogens is 453 g/mol. The van der Waals surface area contributed by atoms with Crippen molar-refractivity contribution >= 4 is 58.7 Å². The first-order chi connectivity index (χ1) is 15.0. The number of hydrogen-bond acceptors (Lipinski definition) is 3. The molecule has 0 aliphatic carbocycles. The van der Waals surface area contributed by atoms with Crippen LogP contribution in [0.25, 0.3) is 6.08 Å². The summed E-state index contributed by atoms with van der Waals surface area (Å²) in [5.74, 6) is 0.932. The van der Waals surface area contributed by atoms with Gasteiger partial charge in [-0.3, -0.25) is 4.79 Å². The van der Waals surface area contributed by atoms with Crippen LogP contribution in [0.15, 0.2) is 54.6 Å². The summed E-state index contributed by atoms with van der Waals surface area (Å²) in [5, 5.41) is 3.63. The third kappa shape index (κ3) is 4.86. The van der Waals surface area contributed by atoms with Crippen molar-refractivity contribution in [2.75, 3.05) is 30.7 Å². The molecular formula is C23H23Cl2N3O2S. The zero-order valence-electron chi connectivity index (χ0n) is 16.9. The van der Waals surface area contributed by atoms with Crippen LogP contribution >= 0.6 is 35.0 Å². The second-order valence-electron chi connectivity index (χ2n) is 7.54. The summed E-state index contributed by atoms with van der Waals surface area (Å²) in [5.41, 5.74) is 1.43. The van der Waals surface area contributed by atoms with Gasteiger partial charge in [0.25, 0.3) is 0 Å². The Hall–Kier alpha value is -2.15. The van der Waals surface area contributed by atoms with Gasteiger partial charge in [0.2, 0.25) is 5.91 Å². The van der Waals surface area contributed by atoms with E-state index in [-0.39, 0.29) is 16.8 Å². The molecule has 0 aromatic heterocycles. The number of rotatable bonds is 3. The maximum atomic E-state index is 12.9. The highest BCUT2D eigenvalue weighted by Gasteiger charge is 2.46. The molecule has 2 aliphatic heterocycles. The lowest BCUT2D eigenvalue weighted by atomic mass is 10.0. The molecule has 3 amide bonds. The van der Waals surface area contributed by atoms with Gasteiger partial charge in [-0.2, -0.15) is 0 Å². The summed E-state index contributed by atoms with van der Waals surface area (Å²) >= 11 is 14.2. The number of thioether (sulfide) groups is 1. The van der Waals surface area contributed by atoms with Crippen LogP contribution in [-0.4, -0.2) is 52.0 Å². The minimum atomic E-state index is -0.253. The Morgan fingerprint density at radius 3 is 2.32 bits per heavy atom. The van der Waals surface area contributed by atoms with Crippen molar-refractivity contribution in [1.29, 1.82) is 0 Å². The number of urea groups is 1. The van der Waals surface area contributed by atoms with Crippen LogP contribution in [0.4, 0.5) is 10.5 Å². The summed E-state index contributed by atoms with van der Waals surface area (Å²) in [7, 11) is 0. The Morgan fingerprint density at radius 2 is 1.65 bits per heavy atom. The molecule has 2 aliphatic rings. The molecule has 2 aromatic carbocycles.